The van der Waals surface area contributed by atoms with Gasteiger partial charge in [-0.15, -0.1) is 0 Å². The molecule has 1 aromatic carbocycles. The van der Waals surface area contributed by atoms with Crippen LogP contribution in [0.5, 0.6) is 0 Å². The summed E-state index contributed by atoms with van der Waals surface area (Å²) in [7, 11) is 0. The van der Waals surface area contributed by atoms with Crippen LogP contribution in [0.1, 0.15) is 24.8 Å². The van der Waals surface area contributed by atoms with E-state index in [9.17, 15) is 13.2 Å². The van der Waals surface area contributed by atoms with E-state index in [1.54, 1.807) is 37.3 Å². The molecular formula is C12H13F3. The van der Waals surface area contributed by atoms with E-state index in [4.69, 9.17) is 0 Å². The maximum atomic E-state index is 12.3. The second-order valence-electron chi connectivity index (χ2n) is 3.63. The molecule has 0 radical (unpaired) electrons. The fourth-order valence-electron chi connectivity index (χ4n) is 1.49. The lowest BCUT2D eigenvalue weighted by molar-refractivity contribution is -0.137. The SMILES string of the molecule is C=C(C)[C@H](CC(F)(F)F)c1ccccc1. The quantitative estimate of drug-likeness (QED) is 0.658. The van der Waals surface area contributed by atoms with Crippen LogP contribution < -0.4 is 0 Å². The molecule has 0 unspecified atom stereocenters. The smallest absolute Gasteiger partial charge is 0.171 e. The van der Waals surface area contributed by atoms with Crippen LogP contribution in [0.4, 0.5) is 13.2 Å². The monoisotopic (exact) mass is 214 g/mol. The highest BCUT2D eigenvalue weighted by molar-refractivity contribution is 5.26. The summed E-state index contributed by atoms with van der Waals surface area (Å²) in [4.78, 5) is 0. The lowest BCUT2D eigenvalue weighted by Crippen LogP contribution is -2.14. The van der Waals surface area contributed by atoms with Gasteiger partial charge in [-0.05, 0) is 12.5 Å². The average molecular weight is 214 g/mol. The Kier molecular flexibility index (Phi) is 3.56. The molecule has 0 N–H and O–H groups in total. The third kappa shape index (κ3) is 3.78. The topological polar surface area (TPSA) is 0 Å². The van der Waals surface area contributed by atoms with Crippen LogP contribution in [-0.2, 0) is 0 Å². The van der Waals surface area contributed by atoms with Crippen LogP contribution in [0, 0.1) is 0 Å². The van der Waals surface area contributed by atoms with Crippen molar-refractivity contribution in [2.75, 3.05) is 0 Å². The molecule has 0 saturated heterocycles. The molecule has 0 aliphatic rings. The summed E-state index contributed by atoms with van der Waals surface area (Å²) < 4.78 is 36.9. The van der Waals surface area contributed by atoms with Crippen molar-refractivity contribution in [2.24, 2.45) is 0 Å². The Morgan fingerprint density at radius 3 is 2.20 bits per heavy atom. The van der Waals surface area contributed by atoms with Gasteiger partial charge in [0.15, 0.2) is 0 Å². The van der Waals surface area contributed by atoms with E-state index in [-0.39, 0.29) is 0 Å². The van der Waals surface area contributed by atoms with Gasteiger partial charge in [0, 0.05) is 5.92 Å². The molecule has 1 rings (SSSR count). The Bertz CT molecular complexity index is 324. The molecule has 0 amide bonds. The largest absolute Gasteiger partial charge is 0.390 e. The van der Waals surface area contributed by atoms with Gasteiger partial charge in [0.25, 0.3) is 0 Å². The average Bonchev–Trinajstić information content (AvgIpc) is 2.14. The van der Waals surface area contributed by atoms with Crippen molar-refractivity contribution in [3.8, 4) is 0 Å². The van der Waals surface area contributed by atoms with Gasteiger partial charge in [-0.1, -0.05) is 42.5 Å². The first-order chi connectivity index (χ1) is 6.90. The molecule has 0 saturated carbocycles. The molecular weight excluding hydrogens is 201 g/mol. The van der Waals surface area contributed by atoms with E-state index in [2.05, 4.69) is 6.58 Å². The van der Waals surface area contributed by atoms with E-state index < -0.39 is 18.5 Å². The number of halogens is 3. The lowest BCUT2D eigenvalue weighted by atomic mass is 9.90. The van der Waals surface area contributed by atoms with E-state index >= 15 is 0 Å². The van der Waals surface area contributed by atoms with Crippen molar-refractivity contribution >= 4 is 0 Å². The first-order valence-corrected chi connectivity index (χ1v) is 4.67. The highest BCUT2D eigenvalue weighted by atomic mass is 19.4. The van der Waals surface area contributed by atoms with E-state index in [1.807, 2.05) is 0 Å². The molecule has 0 aromatic heterocycles. The van der Waals surface area contributed by atoms with Crippen molar-refractivity contribution in [1.29, 1.82) is 0 Å². The van der Waals surface area contributed by atoms with Crippen LogP contribution >= 0.6 is 0 Å². The van der Waals surface area contributed by atoms with Gasteiger partial charge >= 0.3 is 6.18 Å². The molecule has 0 nitrogen and oxygen atoms in total. The van der Waals surface area contributed by atoms with E-state index in [0.717, 1.165) is 0 Å². The van der Waals surface area contributed by atoms with E-state index in [1.165, 1.54) is 0 Å². The Labute approximate surface area is 87.4 Å². The fraction of sp³-hybridized carbons (Fsp3) is 0.333. The summed E-state index contributed by atoms with van der Waals surface area (Å²) in [5, 5.41) is 0. The summed E-state index contributed by atoms with van der Waals surface area (Å²) >= 11 is 0. The summed E-state index contributed by atoms with van der Waals surface area (Å²) in [5.74, 6) is -0.633. The Morgan fingerprint density at radius 2 is 1.80 bits per heavy atom. The molecule has 0 fully saturated rings. The number of alkyl halides is 3. The van der Waals surface area contributed by atoms with Crippen molar-refractivity contribution in [1.82, 2.24) is 0 Å². The van der Waals surface area contributed by atoms with Gasteiger partial charge in [-0.25, -0.2) is 0 Å². The number of benzene rings is 1. The minimum Gasteiger partial charge on any atom is -0.171 e. The third-order valence-corrected chi connectivity index (χ3v) is 2.23. The molecule has 0 spiro atoms. The van der Waals surface area contributed by atoms with Gasteiger partial charge in [-0.2, -0.15) is 13.2 Å². The lowest BCUT2D eigenvalue weighted by Gasteiger charge is -2.19. The first-order valence-electron chi connectivity index (χ1n) is 4.67. The van der Waals surface area contributed by atoms with E-state index in [0.29, 0.717) is 11.1 Å². The Hall–Kier alpha value is -1.25. The highest BCUT2D eigenvalue weighted by Crippen LogP contribution is 2.34. The summed E-state index contributed by atoms with van der Waals surface area (Å²) in [6.07, 6.45) is -4.99. The molecule has 3 heteroatoms. The minimum absolute atomic E-state index is 0.540. The standard InChI is InChI=1S/C12H13F3/c1-9(2)11(8-12(13,14)15)10-6-4-3-5-7-10/h3-7,11H,1,8H2,2H3/t11-/m0/s1. The van der Waals surface area contributed by atoms with Crippen LogP contribution in [0.3, 0.4) is 0 Å². The number of hydrogen-bond donors (Lipinski definition) is 0. The Balaban J connectivity index is 2.90. The summed E-state index contributed by atoms with van der Waals surface area (Å²) in [6, 6.07) is 8.66. The number of allylic oxidation sites excluding steroid dienone is 1. The van der Waals surface area contributed by atoms with Gasteiger partial charge in [0.1, 0.15) is 0 Å². The zero-order valence-corrected chi connectivity index (χ0v) is 8.51. The molecule has 15 heavy (non-hydrogen) atoms. The number of hydrogen-bond acceptors (Lipinski definition) is 0. The maximum absolute atomic E-state index is 12.3. The van der Waals surface area contributed by atoms with Crippen LogP contribution in [0.25, 0.3) is 0 Å². The summed E-state index contributed by atoms with van der Waals surface area (Å²) in [6.45, 7) is 5.24. The molecule has 1 atom stereocenters. The predicted octanol–water partition coefficient (Wildman–Crippen LogP) is 4.30. The normalized spacial score (nSPS) is 13.6. The molecule has 0 bridgehead atoms. The third-order valence-electron chi connectivity index (χ3n) is 2.23. The first kappa shape index (κ1) is 11.8. The van der Waals surface area contributed by atoms with Crippen molar-refractivity contribution in [3.05, 3.63) is 48.0 Å². The van der Waals surface area contributed by atoms with Gasteiger partial charge in [0.2, 0.25) is 0 Å². The second-order valence-corrected chi connectivity index (χ2v) is 3.63. The minimum atomic E-state index is -4.15. The molecule has 0 heterocycles. The molecule has 0 aliphatic carbocycles. The highest BCUT2D eigenvalue weighted by Gasteiger charge is 2.32. The zero-order valence-electron chi connectivity index (χ0n) is 8.51. The van der Waals surface area contributed by atoms with Crippen LogP contribution in [0.2, 0.25) is 0 Å². The Morgan fingerprint density at radius 1 is 1.27 bits per heavy atom. The van der Waals surface area contributed by atoms with Crippen molar-refractivity contribution in [2.45, 2.75) is 25.4 Å². The summed E-state index contributed by atoms with van der Waals surface area (Å²) in [5.41, 5.74) is 1.21. The second kappa shape index (κ2) is 4.51. The van der Waals surface area contributed by atoms with Gasteiger partial charge in [-0.3, -0.25) is 0 Å². The molecule has 1 aromatic rings. The van der Waals surface area contributed by atoms with Crippen LogP contribution in [-0.4, -0.2) is 6.18 Å². The van der Waals surface area contributed by atoms with Crippen molar-refractivity contribution < 1.29 is 13.2 Å². The fourth-order valence-corrected chi connectivity index (χ4v) is 1.49. The number of rotatable bonds is 3. The van der Waals surface area contributed by atoms with Gasteiger partial charge < -0.3 is 0 Å². The van der Waals surface area contributed by atoms with Crippen molar-refractivity contribution in [3.63, 3.8) is 0 Å². The zero-order chi connectivity index (χ0) is 11.5. The molecule has 0 aliphatic heterocycles. The maximum Gasteiger partial charge on any atom is 0.390 e. The van der Waals surface area contributed by atoms with Crippen LogP contribution in [0.15, 0.2) is 42.5 Å². The predicted molar refractivity (Wildman–Crippen MR) is 54.7 cm³/mol. The van der Waals surface area contributed by atoms with Gasteiger partial charge in [0.05, 0.1) is 6.42 Å². The molecule has 82 valence electrons.